The van der Waals surface area contributed by atoms with Gasteiger partial charge in [0.2, 0.25) is 10.0 Å². The number of aryl methyl sites for hydroxylation is 2. The number of fused-ring (bicyclic) bond motifs is 1. The normalized spacial score (nSPS) is 14.6. The van der Waals surface area contributed by atoms with E-state index in [9.17, 15) is 8.42 Å². The molecule has 2 heterocycles. The molecule has 7 nitrogen and oxygen atoms in total. The third kappa shape index (κ3) is 4.24. The number of rotatable bonds is 6. The fraction of sp³-hybridized carbons (Fsp3) is 0.600. The van der Waals surface area contributed by atoms with Crippen molar-refractivity contribution in [2.24, 2.45) is 18.7 Å². The van der Waals surface area contributed by atoms with Crippen LogP contribution in [0.2, 0.25) is 0 Å². The number of hydrogen-bond donors (Lipinski definition) is 2. The Morgan fingerprint density at radius 2 is 2.04 bits per heavy atom. The van der Waals surface area contributed by atoms with Gasteiger partial charge in [-0.05, 0) is 32.3 Å². The monoisotopic (exact) mass is 375 g/mol. The Morgan fingerprint density at radius 3 is 2.58 bits per heavy atom. The molecule has 0 saturated heterocycles. The molecule has 1 unspecified atom stereocenters. The number of nitrogens with zero attached hydrogens (tertiary/aromatic N) is 3. The Morgan fingerprint density at radius 1 is 1.42 bits per heavy atom. The first kappa shape index (κ1) is 20.8. The van der Waals surface area contributed by atoms with E-state index in [4.69, 9.17) is 5.73 Å². The number of nitrogens with one attached hydrogen (secondary N) is 1. The predicted octanol–water partition coefficient (Wildman–Crippen LogP) is 1.74. The molecule has 2 aromatic heterocycles. The lowest BCUT2D eigenvalue weighted by Crippen LogP contribution is -2.52. The summed E-state index contributed by atoms with van der Waals surface area (Å²) in [6, 6.07) is 1.61. The van der Waals surface area contributed by atoms with E-state index in [0.29, 0.717) is 18.0 Å². The highest BCUT2D eigenvalue weighted by molar-refractivity contribution is 7.89. The molecular formula is C15H26ClN5O2S. The number of halogens is 1. The second kappa shape index (κ2) is 7.35. The van der Waals surface area contributed by atoms with E-state index in [1.54, 1.807) is 17.8 Å². The standard InChI is InChI=1S/C15H25N5O2S.ClH/c1-10(2)7-15(4,9-16)19-23(21,22)12-6-13-11(3)18-20(5)14(13)17-8-12;/h6,8,10,19H,7,9,16H2,1-5H3;1H. The van der Waals surface area contributed by atoms with Gasteiger partial charge in [-0.3, -0.25) is 4.68 Å². The smallest absolute Gasteiger partial charge is 0.242 e. The highest BCUT2D eigenvalue weighted by atomic mass is 35.5. The Bertz CT molecular complexity index is 819. The molecule has 0 fully saturated rings. The van der Waals surface area contributed by atoms with Gasteiger partial charge in [-0.15, -0.1) is 12.4 Å². The summed E-state index contributed by atoms with van der Waals surface area (Å²) >= 11 is 0. The predicted molar refractivity (Wildman–Crippen MR) is 97.7 cm³/mol. The van der Waals surface area contributed by atoms with Gasteiger partial charge in [-0.25, -0.2) is 18.1 Å². The van der Waals surface area contributed by atoms with Crippen LogP contribution in [-0.2, 0) is 17.1 Å². The van der Waals surface area contributed by atoms with Gasteiger partial charge >= 0.3 is 0 Å². The summed E-state index contributed by atoms with van der Waals surface area (Å²) in [6.45, 7) is 7.96. The van der Waals surface area contributed by atoms with Crippen molar-refractivity contribution in [2.45, 2.75) is 44.6 Å². The second-order valence-electron chi connectivity index (χ2n) is 6.72. The van der Waals surface area contributed by atoms with Crippen LogP contribution >= 0.6 is 12.4 Å². The molecule has 2 rings (SSSR count). The van der Waals surface area contributed by atoms with Gasteiger partial charge in [0.25, 0.3) is 0 Å². The van der Waals surface area contributed by atoms with Crippen LogP contribution in [0.4, 0.5) is 0 Å². The van der Waals surface area contributed by atoms with Crippen LogP contribution in [-0.4, -0.2) is 35.3 Å². The molecule has 9 heteroatoms. The van der Waals surface area contributed by atoms with Crippen LogP contribution in [0.25, 0.3) is 11.0 Å². The van der Waals surface area contributed by atoms with Crippen LogP contribution < -0.4 is 10.5 Å². The fourth-order valence-electron chi connectivity index (χ4n) is 2.89. The van der Waals surface area contributed by atoms with Crippen LogP contribution in [0.15, 0.2) is 17.2 Å². The molecule has 0 aliphatic heterocycles. The van der Waals surface area contributed by atoms with E-state index in [0.717, 1.165) is 11.1 Å². The Labute approximate surface area is 149 Å². The summed E-state index contributed by atoms with van der Waals surface area (Å²) in [4.78, 5) is 4.36. The molecule has 24 heavy (non-hydrogen) atoms. The van der Waals surface area contributed by atoms with Gasteiger partial charge in [-0.2, -0.15) is 5.10 Å². The van der Waals surface area contributed by atoms with Crippen molar-refractivity contribution in [3.63, 3.8) is 0 Å². The lowest BCUT2D eigenvalue weighted by atomic mass is 9.92. The zero-order valence-electron chi connectivity index (χ0n) is 14.7. The molecule has 0 aliphatic carbocycles. The number of aromatic nitrogens is 3. The maximum Gasteiger partial charge on any atom is 0.242 e. The molecule has 0 bridgehead atoms. The van der Waals surface area contributed by atoms with E-state index in [-0.39, 0.29) is 23.8 Å². The van der Waals surface area contributed by atoms with Crippen LogP contribution in [0.3, 0.4) is 0 Å². The van der Waals surface area contributed by atoms with Crippen molar-refractivity contribution in [3.05, 3.63) is 18.0 Å². The third-order valence-electron chi connectivity index (χ3n) is 3.84. The number of pyridine rings is 1. The van der Waals surface area contributed by atoms with Crippen LogP contribution in [0.5, 0.6) is 0 Å². The molecule has 0 radical (unpaired) electrons. The van der Waals surface area contributed by atoms with Crippen molar-refractivity contribution < 1.29 is 8.42 Å². The van der Waals surface area contributed by atoms with E-state index < -0.39 is 15.6 Å². The van der Waals surface area contributed by atoms with E-state index in [1.165, 1.54) is 6.20 Å². The third-order valence-corrected chi connectivity index (χ3v) is 5.44. The van der Waals surface area contributed by atoms with Gasteiger partial charge in [0, 0.05) is 30.7 Å². The van der Waals surface area contributed by atoms with Gasteiger partial charge in [0.1, 0.15) is 4.90 Å². The number of sulfonamides is 1. The van der Waals surface area contributed by atoms with Crippen molar-refractivity contribution in [1.82, 2.24) is 19.5 Å². The molecule has 0 aromatic carbocycles. The first-order valence-electron chi connectivity index (χ1n) is 7.61. The Hall–Kier alpha value is -1.22. The molecule has 1 atom stereocenters. The summed E-state index contributed by atoms with van der Waals surface area (Å²) in [5, 5.41) is 4.99. The van der Waals surface area contributed by atoms with E-state index in [1.807, 2.05) is 27.7 Å². The average Bonchev–Trinajstić information content (AvgIpc) is 2.72. The SMILES string of the molecule is Cc1nn(C)c2ncc(S(=O)(=O)NC(C)(CN)CC(C)C)cc12.Cl. The van der Waals surface area contributed by atoms with Crippen LogP contribution in [0.1, 0.15) is 32.9 Å². The molecule has 0 amide bonds. The van der Waals surface area contributed by atoms with Crippen LogP contribution in [0, 0.1) is 12.8 Å². The fourth-order valence-corrected chi connectivity index (χ4v) is 4.28. The summed E-state index contributed by atoms with van der Waals surface area (Å²) in [6.07, 6.45) is 2.02. The highest BCUT2D eigenvalue weighted by Gasteiger charge is 2.30. The van der Waals surface area contributed by atoms with Crippen molar-refractivity contribution >= 4 is 33.5 Å². The first-order chi connectivity index (χ1) is 10.6. The zero-order valence-corrected chi connectivity index (χ0v) is 16.3. The first-order valence-corrected chi connectivity index (χ1v) is 9.10. The Balaban J connectivity index is 0.00000288. The maximum absolute atomic E-state index is 12.7. The summed E-state index contributed by atoms with van der Waals surface area (Å²) in [5.41, 5.74) is 6.52. The minimum atomic E-state index is -3.70. The molecule has 0 spiro atoms. The maximum atomic E-state index is 12.7. The summed E-state index contributed by atoms with van der Waals surface area (Å²) in [5.74, 6) is 0.326. The molecular weight excluding hydrogens is 350 g/mol. The molecule has 2 aromatic rings. The largest absolute Gasteiger partial charge is 0.329 e. The topological polar surface area (TPSA) is 103 Å². The van der Waals surface area contributed by atoms with E-state index in [2.05, 4.69) is 14.8 Å². The van der Waals surface area contributed by atoms with Crippen molar-refractivity contribution in [3.8, 4) is 0 Å². The van der Waals surface area contributed by atoms with Crippen molar-refractivity contribution in [1.29, 1.82) is 0 Å². The summed E-state index contributed by atoms with van der Waals surface area (Å²) < 4.78 is 29.8. The highest BCUT2D eigenvalue weighted by Crippen LogP contribution is 2.22. The Kier molecular flexibility index (Phi) is 6.37. The molecule has 136 valence electrons. The quantitative estimate of drug-likeness (QED) is 0.800. The lowest BCUT2D eigenvalue weighted by Gasteiger charge is -2.30. The zero-order chi connectivity index (χ0) is 17.4. The molecule has 3 N–H and O–H groups in total. The number of hydrogen-bond acceptors (Lipinski definition) is 5. The van der Waals surface area contributed by atoms with E-state index >= 15 is 0 Å². The second-order valence-corrected chi connectivity index (χ2v) is 8.40. The van der Waals surface area contributed by atoms with Gasteiger partial charge in [-0.1, -0.05) is 13.8 Å². The molecule has 0 saturated carbocycles. The summed E-state index contributed by atoms with van der Waals surface area (Å²) in [7, 11) is -1.92. The molecule has 0 aliphatic rings. The van der Waals surface area contributed by atoms with Gasteiger partial charge in [0.05, 0.1) is 5.69 Å². The minimum absolute atomic E-state index is 0. The average molecular weight is 376 g/mol. The lowest BCUT2D eigenvalue weighted by molar-refractivity contribution is 0.344. The van der Waals surface area contributed by atoms with Gasteiger partial charge in [0.15, 0.2) is 5.65 Å². The number of nitrogens with two attached hydrogens (primary N) is 1. The minimum Gasteiger partial charge on any atom is -0.329 e. The van der Waals surface area contributed by atoms with Gasteiger partial charge < -0.3 is 5.73 Å². The van der Waals surface area contributed by atoms with Crippen molar-refractivity contribution in [2.75, 3.05) is 6.54 Å².